The van der Waals surface area contributed by atoms with E-state index >= 15 is 0 Å². The summed E-state index contributed by atoms with van der Waals surface area (Å²) >= 11 is 0. The number of hydrogen-bond acceptors (Lipinski definition) is 5. The molecule has 0 bridgehead atoms. The van der Waals surface area contributed by atoms with Crippen molar-refractivity contribution in [3.8, 4) is 0 Å². The van der Waals surface area contributed by atoms with Gasteiger partial charge in [-0.25, -0.2) is 0 Å². The topological polar surface area (TPSA) is 95.9 Å². The molecule has 3 N–H and O–H groups in total. The van der Waals surface area contributed by atoms with Crippen molar-refractivity contribution >= 4 is 11.9 Å². The van der Waals surface area contributed by atoms with E-state index in [4.69, 9.17) is 4.74 Å². The van der Waals surface area contributed by atoms with Gasteiger partial charge in [0.05, 0.1) is 25.4 Å². The first-order chi connectivity index (χ1) is 30.5. The Labute approximate surface area is 387 Å². The molecule has 0 saturated heterocycles. The number of aliphatic hydroxyl groups is 2. The number of aliphatic hydroxyl groups excluding tert-OH is 2. The molecule has 6 heteroatoms. The fraction of sp³-hybridized carbons (Fsp3) is 0.964. The lowest BCUT2D eigenvalue weighted by molar-refractivity contribution is -0.143. The Balaban J connectivity index is 3.39. The summed E-state index contributed by atoms with van der Waals surface area (Å²) in [7, 11) is 0. The van der Waals surface area contributed by atoms with E-state index in [0.29, 0.717) is 25.9 Å². The van der Waals surface area contributed by atoms with Crippen molar-refractivity contribution in [3.05, 3.63) is 0 Å². The van der Waals surface area contributed by atoms with Crippen LogP contribution in [-0.2, 0) is 14.3 Å². The van der Waals surface area contributed by atoms with E-state index in [2.05, 4.69) is 19.2 Å². The third-order valence-electron chi connectivity index (χ3n) is 13.4. The first kappa shape index (κ1) is 60.9. The average Bonchev–Trinajstić information content (AvgIpc) is 3.27. The lowest BCUT2D eigenvalue weighted by Crippen LogP contribution is -2.45. The number of hydrogen-bond donors (Lipinski definition) is 3. The summed E-state index contributed by atoms with van der Waals surface area (Å²) in [5.41, 5.74) is 0. The van der Waals surface area contributed by atoms with Gasteiger partial charge in [0.2, 0.25) is 5.91 Å². The normalized spacial score (nSPS) is 12.5. The Kier molecular flexibility index (Phi) is 51.5. The Hall–Kier alpha value is -1.14. The maximum Gasteiger partial charge on any atom is 0.305 e. The number of ether oxygens (including phenoxy) is 1. The van der Waals surface area contributed by atoms with Crippen LogP contribution in [0.25, 0.3) is 0 Å². The van der Waals surface area contributed by atoms with E-state index in [1.165, 1.54) is 250 Å². The van der Waals surface area contributed by atoms with Gasteiger partial charge >= 0.3 is 5.97 Å². The molecular weight excluding hydrogens is 767 g/mol. The summed E-state index contributed by atoms with van der Waals surface area (Å²) < 4.78 is 5.48. The van der Waals surface area contributed by atoms with Crippen molar-refractivity contribution in [2.75, 3.05) is 13.2 Å². The Morgan fingerprint density at radius 2 is 0.661 bits per heavy atom. The van der Waals surface area contributed by atoms with Crippen LogP contribution < -0.4 is 5.32 Å². The molecule has 0 aromatic carbocycles. The zero-order valence-electron chi connectivity index (χ0n) is 42.1. The highest BCUT2D eigenvalue weighted by Gasteiger charge is 2.20. The second kappa shape index (κ2) is 52.5. The van der Waals surface area contributed by atoms with Crippen LogP contribution in [-0.4, -0.2) is 47.4 Å². The standard InChI is InChI=1S/C56H111NO5/c1-3-5-7-9-11-13-15-17-18-22-26-30-34-38-42-46-50-56(61)62-51-47-43-39-35-31-27-23-20-19-21-25-29-33-37-41-45-49-55(60)57-53(52-58)54(59)48-44-40-36-32-28-24-16-14-12-10-8-6-4-2/h53-54,58-59H,3-52H2,1-2H3,(H,57,60). The average molecular weight is 879 g/mol. The molecule has 0 aliphatic heterocycles. The molecule has 0 aromatic heterocycles. The number of rotatable bonds is 53. The molecule has 0 rings (SSSR count). The Bertz CT molecular complexity index is 882. The van der Waals surface area contributed by atoms with Gasteiger partial charge < -0.3 is 20.3 Å². The van der Waals surface area contributed by atoms with E-state index in [9.17, 15) is 19.8 Å². The number of esters is 1. The Morgan fingerprint density at radius 3 is 0.984 bits per heavy atom. The van der Waals surface area contributed by atoms with Crippen molar-refractivity contribution < 1.29 is 24.5 Å². The largest absolute Gasteiger partial charge is 0.466 e. The molecule has 370 valence electrons. The van der Waals surface area contributed by atoms with Crippen molar-refractivity contribution in [2.24, 2.45) is 0 Å². The SMILES string of the molecule is CCCCCCCCCCCCCCCCCCC(=O)OCCCCCCCCCCCCCCCCCCC(=O)NC(CO)C(O)CCCCCCCCCCCCCCC. The third kappa shape index (κ3) is 48.3. The van der Waals surface area contributed by atoms with E-state index < -0.39 is 12.1 Å². The van der Waals surface area contributed by atoms with E-state index in [0.717, 1.165) is 38.5 Å². The predicted molar refractivity (Wildman–Crippen MR) is 269 cm³/mol. The van der Waals surface area contributed by atoms with Crippen molar-refractivity contribution in [2.45, 2.75) is 334 Å². The summed E-state index contributed by atoms with van der Waals surface area (Å²) in [6.07, 6.45) is 59.4. The van der Waals surface area contributed by atoms with E-state index in [1.54, 1.807) is 0 Å². The van der Waals surface area contributed by atoms with Gasteiger partial charge in [-0.15, -0.1) is 0 Å². The molecule has 2 unspecified atom stereocenters. The molecule has 0 aliphatic rings. The van der Waals surface area contributed by atoms with Gasteiger partial charge in [-0.3, -0.25) is 9.59 Å². The summed E-state index contributed by atoms with van der Waals surface area (Å²) in [6, 6.07) is -0.544. The van der Waals surface area contributed by atoms with Gasteiger partial charge in [0.1, 0.15) is 0 Å². The molecule has 0 saturated carbocycles. The van der Waals surface area contributed by atoms with Crippen LogP contribution >= 0.6 is 0 Å². The quantitative estimate of drug-likeness (QED) is 0.0418. The second-order valence-corrected chi connectivity index (χ2v) is 19.6. The maximum absolute atomic E-state index is 12.4. The van der Waals surface area contributed by atoms with Crippen LogP contribution in [0.15, 0.2) is 0 Å². The first-order valence-electron chi connectivity index (χ1n) is 28.3. The predicted octanol–water partition coefficient (Wildman–Crippen LogP) is 17.1. The van der Waals surface area contributed by atoms with Crippen LogP contribution in [0.4, 0.5) is 0 Å². The van der Waals surface area contributed by atoms with Gasteiger partial charge in [0.15, 0.2) is 0 Å². The molecule has 0 radical (unpaired) electrons. The number of unbranched alkanes of at least 4 members (excludes halogenated alkanes) is 42. The van der Waals surface area contributed by atoms with Crippen molar-refractivity contribution in [1.82, 2.24) is 5.32 Å². The van der Waals surface area contributed by atoms with E-state index in [-0.39, 0.29) is 18.5 Å². The van der Waals surface area contributed by atoms with Crippen LogP contribution in [0, 0.1) is 0 Å². The highest BCUT2D eigenvalue weighted by Crippen LogP contribution is 2.18. The summed E-state index contributed by atoms with van der Waals surface area (Å²) in [4.78, 5) is 24.5. The van der Waals surface area contributed by atoms with Gasteiger partial charge in [-0.1, -0.05) is 284 Å². The minimum atomic E-state index is -0.666. The Morgan fingerprint density at radius 1 is 0.387 bits per heavy atom. The monoisotopic (exact) mass is 878 g/mol. The molecular formula is C56H111NO5. The van der Waals surface area contributed by atoms with Crippen LogP contribution in [0.2, 0.25) is 0 Å². The smallest absolute Gasteiger partial charge is 0.305 e. The summed E-state index contributed by atoms with van der Waals surface area (Å²) in [5, 5.41) is 23.2. The lowest BCUT2D eigenvalue weighted by atomic mass is 10.0. The number of amides is 1. The fourth-order valence-corrected chi connectivity index (χ4v) is 9.05. The molecule has 0 fully saturated rings. The van der Waals surface area contributed by atoms with Gasteiger partial charge in [-0.2, -0.15) is 0 Å². The molecule has 0 aliphatic carbocycles. The molecule has 0 aromatic rings. The highest BCUT2D eigenvalue weighted by molar-refractivity contribution is 5.76. The fourth-order valence-electron chi connectivity index (χ4n) is 9.05. The summed E-state index contributed by atoms with van der Waals surface area (Å²) in [5.74, 6) is -0.0325. The molecule has 0 spiro atoms. The zero-order valence-corrected chi connectivity index (χ0v) is 42.1. The molecule has 0 heterocycles. The molecule has 2 atom stereocenters. The van der Waals surface area contributed by atoms with Gasteiger partial charge in [0, 0.05) is 12.8 Å². The number of carbonyl (C=O) groups excluding carboxylic acids is 2. The molecule has 6 nitrogen and oxygen atoms in total. The van der Waals surface area contributed by atoms with Crippen molar-refractivity contribution in [3.63, 3.8) is 0 Å². The third-order valence-corrected chi connectivity index (χ3v) is 13.4. The van der Waals surface area contributed by atoms with Gasteiger partial charge in [0.25, 0.3) is 0 Å². The van der Waals surface area contributed by atoms with Crippen LogP contribution in [0.3, 0.4) is 0 Å². The first-order valence-corrected chi connectivity index (χ1v) is 28.3. The second-order valence-electron chi connectivity index (χ2n) is 19.6. The van der Waals surface area contributed by atoms with Crippen molar-refractivity contribution in [1.29, 1.82) is 0 Å². The van der Waals surface area contributed by atoms with Crippen LogP contribution in [0.1, 0.15) is 322 Å². The highest BCUT2D eigenvalue weighted by atomic mass is 16.5. The minimum Gasteiger partial charge on any atom is -0.466 e. The van der Waals surface area contributed by atoms with Crippen LogP contribution in [0.5, 0.6) is 0 Å². The maximum atomic E-state index is 12.4. The zero-order chi connectivity index (χ0) is 45.1. The number of carbonyl (C=O) groups is 2. The number of nitrogens with one attached hydrogen (secondary N) is 1. The molecule has 1 amide bonds. The van der Waals surface area contributed by atoms with Gasteiger partial charge in [-0.05, 0) is 25.7 Å². The van der Waals surface area contributed by atoms with E-state index in [1.807, 2.05) is 0 Å². The summed E-state index contributed by atoms with van der Waals surface area (Å²) in [6.45, 7) is 4.96. The lowest BCUT2D eigenvalue weighted by Gasteiger charge is -2.22. The molecule has 62 heavy (non-hydrogen) atoms. The minimum absolute atomic E-state index is 0.00740.